The van der Waals surface area contributed by atoms with Crippen molar-refractivity contribution in [3.63, 3.8) is 0 Å². The second kappa shape index (κ2) is 8.50. The van der Waals surface area contributed by atoms with Crippen molar-refractivity contribution in [2.24, 2.45) is 0 Å². The van der Waals surface area contributed by atoms with Crippen molar-refractivity contribution in [2.45, 2.75) is 58.5 Å². The van der Waals surface area contributed by atoms with Gasteiger partial charge in [0.15, 0.2) is 0 Å². The molecule has 0 aromatic heterocycles. The third kappa shape index (κ3) is 5.21. The first-order valence-electron chi connectivity index (χ1n) is 10.6. The fraction of sp³-hybridized carbons (Fsp3) is 0.310. The van der Waals surface area contributed by atoms with Crippen LogP contribution in [0.2, 0.25) is 0 Å². The normalized spacial score (nSPS) is 12.8. The quantitative estimate of drug-likeness (QED) is 0.474. The van der Waals surface area contributed by atoms with Gasteiger partial charge in [0.2, 0.25) is 0 Å². The van der Waals surface area contributed by atoms with Crippen molar-refractivity contribution in [2.75, 3.05) is 0 Å². The van der Waals surface area contributed by atoms with Crippen LogP contribution in [0.15, 0.2) is 72.8 Å². The molecule has 30 heavy (non-hydrogen) atoms. The lowest BCUT2D eigenvalue weighted by Crippen LogP contribution is -2.11. The maximum Gasteiger partial charge on any atom is 0.105 e. The first kappa shape index (κ1) is 21.9. The van der Waals surface area contributed by atoms with Crippen LogP contribution in [0.4, 0.5) is 0 Å². The number of aliphatic hydroxyl groups is 1. The number of benzene rings is 3. The van der Waals surface area contributed by atoms with E-state index in [1.54, 1.807) is 0 Å². The smallest absolute Gasteiger partial charge is 0.105 e. The van der Waals surface area contributed by atoms with Gasteiger partial charge in [0, 0.05) is 16.7 Å². The van der Waals surface area contributed by atoms with Gasteiger partial charge in [-0.25, -0.2) is 0 Å². The summed E-state index contributed by atoms with van der Waals surface area (Å²) in [4.78, 5) is 0. The third-order valence-corrected chi connectivity index (χ3v) is 5.44. The van der Waals surface area contributed by atoms with Gasteiger partial charge in [0.05, 0.1) is 0 Å². The summed E-state index contributed by atoms with van der Waals surface area (Å²) in [6, 6.07) is 24.5. The number of hydrogen-bond acceptors (Lipinski definition) is 1. The molecular weight excluding hydrogens is 364 g/mol. The maximum atomic E-state index is 11.0. The van der Waals surface area contributed by atoms with E-state index < -0.39 is 6.10 Å². The lowest BCUT2D eigenvalue weighted by atomic mass is 9.86. The van der Waals surface area contributed by atoms with Crippen molar-refractivity contribution in [1.29, 1.82) is 0 Å². The molecule has 1 nitrogen and oxygen atoms in total. The highest BCUT2D eigenvalue weighted by Gasteiger charge is 2.17. The monoisotopic (exact) mass is 396 g/mol. The molecule has 3 rings (SSSR count). The summed E-state index contributed by atoms with van der Waals surface area (Å²) in [5.41, 5.74) is 6.31. The summed E-state index contributed by atoms with van der Waals surface area (Å²) in [7, 11) is 0. The molecule has 0 fully saturated rings. The zero-order valence-electron chi connectivity index (χ0n) is 19.0. The molecule has 154 valence electrons. The van der Waals surface area contributed by atoms with E-state index in [1.807, 2.05) is 36.4 Å². The molecule has 0 aliphatic rings. The van der Waals surface area contributed by atoms with Gasteiger partial charge >= 0.3 is 0 Å². The molecule has 3 aromatic rings. The highest BCUT2D eigenvalue weighted by Crippen LogP contribution is 2.28. The van der Waals surface area contributed by atoms with Gasteiger partial charge in [-0.1, -0.05) is 108 Å². The van der Waals surface area contributed by atoms with Crippen LogP contribution in [0.3, 0.4) is 0 Å². The second-order valence-electron chi connectivity index (χ2n) is 9.94. The molecule has 1 N–H and O–H groups in total. The third-order valence-electron chi connectivity index (χ3n) is 5.44. The Kier molecular flexibility index (Phi) is 6.20. The van der Waals surface area contributed by atoms with E-state index in [-0.39, 0.29) is 10.8 Å². The van der Waals surface area contributed by atoms with E-state index in [0.29, 0.717) is 0 Å². The Morgan fingerprint density at radius 3 is 1.67 bits per heavy atom. The molecule has 1 unspecified atom stereocenters. The SMILES string of the molecule is CC(C)(C)c1ccc(C#Cc2ccccc2C(O)c2ccc(C(C)(C)C)cc2)cc1. The van der Waals surface area contributed by atoms with E-state index >= 15 is 0 Å². The highest BCUT2D eigenvalue weighted by atomic mass is 16.3. The molecule has 0 amide bonds. The standard InChI is InChI=1S/C29H32O/c1-28(2,3)24-17-12-21(13-18-24)11-14-22-9-7-8-10-26(22)27(30)23-15-19-25(20-16-23)29(4,5)6/h7-10,12-13,15-20,27,30H,1-6H3. The molecule has 1 atom stereocenters. The van der Waals surface area contributed by atoms with Crippen molar-refractivity contribution in [3.8, 4) is 11.8 Å². The Morgan fingerprint density at radius 2 is 1.13 bits per heavy atom. The summed E-state index contributed by atoms with van der Waals surface area (Å²) < 4.78 is 0. The van der Waals surface area contributed by atoms with Crippen LogP contribution >= 0.6 is 0 Å². The van der Waals surface area contributed by atoms with Gasteiger partial charge in [-0.2, -0.15) is 0 Å². The van der Waals surface area contributed by atoms with Gasteiger partial charge in [-0.05, 0) is 45.7 Å². The summed E-state index contributed by atoms with van der Waals surface area (Å²) >= 11 is 0. The molecular formula is C29H32O. The van der Waals surface area contributed by atoms with Crippen LogP contribution in [-0.2, 0) is 10.8 Å². The van der Waals surface area contributed by atoms with Crippen LogP contribution in [-0.4, -0.2) is 5.11 Å². The van der Waals surface area contributed by atoms with Gasteiger partial charge in [0.25, 0.3) is 0 Å². The Balaban J connectivity index is 1.87. The summed E-state index contributed by atoms with van der Waals surface area (Å²) in [5.74, 6) is 6.52. The predicted molar refractivity (Wildman–Crippen MR) is 127 cm³/mol. The van der Waals surface area contributed by atoms with Crippen LogP contribution in [0.25, 0.3) is 0 Å². The molecule has 1 heteroatoms. The van der Waals surface area contributed by atoms with Crippen molar-refractivity contribution in [3.05, 3.63) is 106 Å². The average molecular weight is 397 g/mol. The molecule has 0 aliphatic heterocycles. The summed E-state index contributed by atoms with van der Waals surface area (Å²) in [6.45, 7) is 13.2. The predicted octanol–water partition coefficient (Wildman–Crippen LogP) is 6.76. The zero-order chi connectivity index (χ0) is 21.9. The lowest BCUT2D eigenvalue weighted by molar-refractivity contribution is 0.220. The molecule has 3 aromatic carbocycles. The van der Waals surface area contributed by atoms with Crippen molar-refractivity contribution in [1.82, 2.24) is 0 Å². The van der Waals surface area contributed by atoms with E-state index in [2.05, 4.69) is 89.8 Å². The fourth-order valence-corrected chi connectivity index (χ4v) is 3.39. The molecule has 0 aliphatic carbocycles. The number of aliphatic hydroxyl groups excluding tert-OH is 1. The summed E-state index contributed by atoms with van der Waals surface area (Å²) in [6.07, 6.45) is -0.701. The average Bonchev–Trinajstić information content (AvgIpc) is 2.71. The molecule has 0 bridgehead atoms. The zero-order valence-corrected chi connectivity index (χ0v) is 19.0. The van der Waals surface area contributed by atoms with Gasteiger partial charge < -0.3 is 5.11 Å². The minimum absolute atomic E-state index is 0.0927. The topological polar surface area (TPSA) is 20.2 Å². The minimum Gasteiger partial charge on any atom is -0.384 e. The van der Waals surface area contributed by atoms with E-state index in [4.69, 9.17) is 0 Å². The van der Waals surface area contributed by atoms with E-state index in [1.165, 1.54) is 11.1 Å². The Morgan fingerprint density at radius 1 is 0.633 bits per heavy atom. The fourth-order valence-electron chi connectivity index (χ4n) is 3.39. The largest absolute Gasteiger partial charge is 0.384 e. The van der Waals surface area contributed by atoms with Gasteiger partial charge in [-0.15, -0.1) is 0 Å². The van der Waals surface area contributed by atoms with Crippen LogP contribution < -0.4 is 0 Å². The lowest BCUT2D eigenvalue weighted by Gasteiger charge is -2.20. The van der Waals surface area contributed by atoms with Gasteiger partial charge in [-0.3, -0.25) is 0 Å². The summed E-state index contributed by atoms with van der Waals surface area (Å²) in [5, 5.41) is 11.0. The van der Waals surface area contributed by atoms with Gasteiger partial charge in [0.1, 0.15) is 6.10 Å². The maximum absolute atomic E-state index is 11.0. The molecule has 0 heterocycles. The van der Waals surface area contributed by atoms with Crippen LogP contribution in [0.1, 0.15) is 81.0 Å². The van der Waals surface area contributed by atoms with Crippen LogP contribution in [0.5, 0.6) is 0 Å². The van der Waals surface area contributed by atoms with E-state index in [0.717, 1.165) is 22.3 Å². The number of hydrogen-bond donors (Lipinski definition) is 1. The Labute approximate surface area is 181 Å². The molecule has 0 saturated heterocycles. The Hall–Kier alpha value is -2.82. The van der Waals surface area contributed by atoms with E-state index in [9.17, 15) is 5.11 Å². The molecule has 0 spiro atoms. The van der Waals surface area contributed by atoms with Crippen molar-refractivity contribution >= 4 is 0 Å². The first-order chi connectivity index (χ1) is 14.1. The number of rotatable bonds is 2. The first-order valence-corrected chi connectivity index (χ1v) is 10.6. The minimum atomic E-state index is -0.701. The van der Waals surface area contributed by atoms with Crippen molar-refractivity contribution < 1.29 is 5.11 Å². The van der Waals surface area contributed by atoms with Crippen LogP contribution in [0, 0.1) is 11.8 Å². The molecule has 0 saturated carbocycles. The molecule has 0 radical (unpaired) electrons. The Bertz CT molecular complexity index is 1050. The highest BCUT2D eigenvalue weighted by molar-refractivity contribution is 5.49. The second-order valence-corrected chi connectivity index (χ2v) is 9.94.